The first-order valence-electron chi connectivity index (χ1n) is 6.29. The maximum atomic E-state index is 5.98. The largest absolute Gasteiger partial charge is 0.361 e. The minimum atomic E-state index is 0.776. The third-order valence-corrected chi connectivity index (χ3v) is 3.37. The van der Waals surface area contributed by atoms with E-state index >= 15 is 0 Å². The summed E-state index contributed by atoms with van der Waals surface area (Å²) >= 11 is 5.98. The number of benzene rings is 1. The van der Waals surface area contributed by atoms with Crippen molar-refractivity contribution in [1.29, 1.82) is 0 Å². The van der Waals surface area contributed by atoms with E-state index in [0.717, 1.165) is 30.2 Å². The Morgan fingerprint density at radius 3 is 3.00 bits per heavy atom. The lowest BCUT2D eigenvalue weighted by molar-refractivity contribution is 0.322. The maximum absolute atomic E-state index is 5.98. The van der Waals surface area contributed by atoms with Gasteiger partial charge in [0.05, 0.1) is 0 Å². The highest BCUT2D eigenvalue weighted by atomic mass is 35.5. The molecule has 2 N–H and O–H groups in total. The molecule has 2 rings (SSSR count). The summed E-state index contributed by atoms with van der Waals surface area (Å²) in [4.78, 5) is 5.62. The predicted octanol–water partition coefficient (Wildman–Crippen LogP) is 2.86. The Labute approximate surface area is 113 Å². The minimum absolute atomic E-state index is 0.776. The highest BCUT2D eigenvalue weighted by Gasteiger charge is 2.06. The van der Waals surface area contributed by atoms with Crippen molar-refractivity contribution in [3.05, 3.63) is 35.0 Å². The van der Waals surface area contributed by atoms with Crippen LogP contribution in [0.25, 0.3) is 10.9 Å². The highest BCUT2D eigenvalue weighted by molar-refractivity contribution is 6.31. The number of H-pyrrole nitrogens is 1. The Balaban J connectivity index is 2.03. The Morgan fingerprint density at radius 2 is 2.22 bits per heavy atom. The molecule has 1 aromatic carbocycles. The first-order valence-corrected chi connectivity index (χ1v) is 6.67. The van der Waals surface area contributed by atoms with Gasteiger partial charge in [-0.1, -0.05) is 17.7 Å². The van der Waals surface area contributed by atoms with E-state index in [1.165, 1.54) is 17.4 Å². The van der Waals surface area contributed by atoms with Gasteiger partial charge in [0.15, 0.2) is 0 Å². The molecule has 18 heavy (non-hydrogen) atoms. The summed E-state index contributed by atoms with van der Waals surface area (Å²) in [7, 11) is 4.15. The lowest BCUT2D eigenvalue weighted by Crippen LogP contribution is -2.22. The van der Waals surface area contributed by atoms with Crippen molar-refractivity contribution < 1.29 is 0 Å². The van der Waals surface area contributed by atoms with Crippen LogP contribution in [0.3, 0.4) is 0 Å². The quantitative estimate of drug-likeness (QED) is 0.787. The Morgan fingerprint density at radius 1 is 1.39 bits per heavy atom. The summed E-state index contributed by atoms with van der Waals surface area (Å²) in [5.41, 5.74) is 2.44. The fourth-order valence-electron chi connectivity index (χ4n) is 2.18. The molecule has 1 aromatic heterocycles. The Hall–Kier alpha value is -1.03. The van der Waals surface area contributed by atoms with Crippen molar-refractivity contribution in [3.63, 3.8) is 0 Å². The van der Waals surface area contributed by atoms with Crippen molar-refractivity contribution in [2.24, 2.45) is 0 Å². The normalized spacial score (nSPS) is 11.6. The number of aromatic nitrogens is 1. The molecule has 0 aliphatic carbocycles. The minimum Gasteiger partial charge on any atom is -0.361 e. The van der Waals surface area contributed by atoms with Gasteiger partial charge in [-0.2, -0.15) is 0 Å². The smallest absolute Gasteiger partial charge is 0.0472 e. The molecule has 2 aromatic rings. The van der Waals surface area contributed by atoms with Gasteiger partial charge >= 0.3 is 0 Å². The van der Waals surface area contributed by atoms with Gasteiger partial charge in [0, 0.05) is 28.7 Å². The van der Waals surface area contributed by atoms with Crippen LogP contribution in [0.15, 0.2) is 24.4 Å². The van der Waals surface area contributed by atoms with Gasteiger partial charge in [-0.15, -0.1) is 0 Å². The lowest BCUT2D eigenvalue weighted by Gasteiger charge is -2.15. The lowest BCUT2D eigenvalue weighted by atomic mass is 10.1. The number of hydrogen-bond donors (Lipinski definition) is 2. The van der Waals surface area contributed by atoms with E-state index in [1.54, 1.807) is 0 Å². The van der Waals surface area contributed by atoms with Crippen molar-refractivity contribution in [1.82, 2.24) is 15.2 Å². The molecule has 0 bridgehead atoms. The van der Waals surface area contributed by atoms with Gasteiger partial charge in [0.1, 0.15) is 0 Å². The molecule has 0 spiro atoms. The maximum Gasteiger partial charge on any atom is 0.0472 e. The first kappa shape index (κ1) is 13.4. The number of aromatic amines is 1. The van der Waals surface area contributed by atoms with Gasteiger partial charge in [0.25, 0.3) is 0 Å². The number of fused-ring (bicyclic) bond motifs is 1. The van der Waals surface area contributed by atoms with Crippen LogP contribution >= 0.6 is 11.6 Å². The summed E-state index contributed by atoms with van der Waals surface area (Å²) in [6.45, 7) is 3.13. The molecule has 0 saturated heterocycles. The van der Waals surface area contributed by atoms with Crippen LogP contribution in [0.4, 0.5) is 0 Å². The van der Waals surface area contributed by atoms with Crippen molar-refractivity contribution in [2.75, 3.05) is 27.2 Å². The van der Waals surface area contributed by atoms with Crippen LogP contribution in [-0.2, 0) is 6.54 Å². The van der Waals surface area contributed by atoms with E-state index in [9.17, 15) is 0 Å². The molecular weight excluding hydrogens is 246 g/mol. The SMILES string of the molecule is CNCCCN(C)Cc1c[nH]c2cc(Cl)ccc12. The highest BCUT2D eigenvalue weighted by Crippen LogP contribution is 2.22. The van der Waals surface area contributed by atoms with Crippen LogP contribution in [0.1, 0.15) is 12.0 Å². The first-order chi connectivity index (χ1) is 8.70. The van der Waals surface area contributed by atoms with E-state index in [-0.39, 0.29) is 0 Å². The average molecular weight is 266 g/mol. The predicted molar refractivity (Wildman–Crippen MR) is 78.2 cm³/mol. The standard InChI is InChI=1S/C14H20ClN3/c1-16-6-3-7-18(2)10-11-9-17-14-8-12(15)4-5-13(11)14/h4-5,8-9,16-17H,3,6-7,10H2,1-2H3. The molecule has 98 valence electrons. The molecule has 0 unspecified atom stereocenters. The number of hydrogen-bond acceptors (Lipinski definition) is 2. The van der Waals surface area contributed by atoms with Gasteiger partial charge in [0.2, 0.25) is 0 Å². The molecule has 0 radical (unpaired) electrons. The summed E-state index contributed by atoms with van der Waals surface area (Å²) in [5.74, 6) is 0. The Kier molecular flexibility index (Phi) is 4.64. The zero-order chi connectivity index (χ0) is 13.0. The molecule has 0 atom stereocenters. The van der Waals surface area contributed by atoms with Crippen molar-refractivity contribution in [3.8, 4) is 0 Å². The molecule has 0 aliphatic heterocycles. The molecule has 0 aliphatic rings. The molecule has 0 saturated carbocycles. The zero-order valence-corrected chi connectivity index (χ0v) is 11.7. The second kappa shape index (κ2) is 6.23. The van der Waals surface area contributed by atoms with Crippen LogP contribution in [0, 0.1) is 0 Å². The molecular formula is C14H20ClN3. The van der Waals surface area contributed by atoms with E-state index < -0.39 is 0 Å². The molecule has 1 heterocycles. The molecule has 4 heteroatoms. The monoisotopic (exact) mass is 265 g/mol. The summed E-state index contributed by atoms with van der Waals surface area (Å²) in [6, 6.07) is 6.01. The van der Waals surface area contributed by atoms with Gasteiger partial charge in [-0.05, 0) is 51.3 Å². The van der Waals surface area contributed by atoms with Gasteiger partial charge in [-0.25, -0.2) is 0 Å². The molecule has 0 fully saturated rings. The summed E-state index contributed by atoms with van der Waals surface area (Å²) in [5, 5.41) is 5.21. The van der Waals surface area contributed by atoms with Crippen LogP contribution < -0.4 is 5.32 Å². The van der Waals surface area contributed by atoms with Gasteiger partial charge in [-0.3, -0.25) is 0 Å². The van der Waals surface area contributed by atoms with Crippen molar-refractivity contribution in [2.45, 2.75) is 13.0 Å². The molecule has 3 nitrogen and oxygen atoms in total. The molecule has 0 amide bonds. The zero-order valence-electron chi connectivity index (χ0n) is 11.0. The van der Waals surface area contributed by atoms with Gasteiger partial charge < -0.3 is 15.2 Å². The van der Waals surface area contributed by atoms with Crippen LogP contribution in [0.5, 0.6) is 0 Å². The van der Waals surface area contributed by atoms with Crippen LogP contribution in [-0.4, -0.2) is 37.1 Å². The van der Waals surface area contributed by atoms with E-state index in [4.69, 9.17) is 11.6 Å². The van der Waals surface area contributed by atoms with E-state index in [1.807, 2.05) is 19.2 Å². The second-order valence-electron chi connectivity index (χ2n) is 4.70. The third-order valence-electron chi connectivity index (χ3n) is 3.14. The van der Waals surface area contributed by atoms with Crippen molar-refractivity contribution >= 4 is 22.5 Å². The number of halogens is 1. The Bertz CT molecular complexity index is 507. The van der Waals surface area contributed by atoms with Crippen LogP contribution in [0.2, 0.25) is 5.02 Å². The average Bonchev–Trinajstić information content (AvgIpc) is 2.72. The fraction of sp³-hybridized carbons (Fsp3) is 0.429. The summed E-state index contributed by atoms with van der Waals surface area (Å²) in [6.07, 6.45) is 3.25. The number of rotatable bonds is 6. The fourth-order valence-corrected chi connectivity index (χ4v) is 2.36. The number of nitrogens with zero attached hydrogens (tertiary/aromatic N) is 1. The number of nitrogens with one attached hydrogen (secondary N) is 2. The topological polar surface area (TPSA) is 31.1 Å². The second-order valence-corrected chi connectivity index (χ2v) is 5.14. The summed E-state index contributed by atoms with van der Waals surface area (Å²) < 4.78 is 0. The van der Waals surface area contributed by atoms with E-state index in [2.05, 4.69) is 34.5 Å². The van der Waals surface area contributed by atoms with E-state index in [0.29, 0.717) is 0 Å². The third kappa shape index (κ3) is 3.25.